The number of ether oxygens (including phenoxy) is 3. The minimum atomic E-state index is -1.19. The number of hydrogen-bond donors (Lipinski definition) is 0. The lowest BCUT2D eigenvalue weighted by molar-refractivity contribution is -0.167. The third kappa shape index (κ3) is 6.39. The minimum Gasteiger partial charge on any atom is -0.496 e. The number of halogens is 2. The predicted octanol–water partition coefficient (Wildman–Crippen LogP) is 7.37. The van der Waals surface area contributed by atoms with E-state index in [2.05, 4.69) is 37.0 Å². The quantitative estimate of drug-likeness (QED) is 0.148. The molecule has 3 rings (SSSR count). The molecular weight excluding hydrogens is 566 g/mol. The zero-order chi connectivity index (χ0) is 24.7. The highest BCUT2D eigenvalue weighted by Crippen LogP contribution is 2.40. The molecule has 0 radical (unpaired) electrons. The van der Waals surface area contributed by atoms with Crippen LogP contribution in [-0.2, 0) is 14.4 Å². The van der Waals surface area contributed by atoms with E-state index in [0.29, 0.717) is 20.4 Å². The average molecular weight is 591 g/mol. The van der Waals surface area contributed by atoms with E-state index in [1.807, 2.05) is 60.7 Å². The summed E-state index contributed by atoms with van der Waals surface area (Å²) >= 11 is 7.13. The summed E-state index contributed by atoms with van der Waals surface area (Å²) in [5, 5.41) is 3.95. The van der Waals surface area contributed by atoms with Crippen molar-refractivity contribution in [1.29, 1.82) is 0 Å². The molecule has 0 N–H and O–H groups in total. The fourth-order valence-corrected chi connectivity index (χ4v) is 4.41. The first kappa shape index (κ1) is 25.8. The number of oxime groups is 1. The second-order valence-corrected chi connectivity index (χ2v) is 9.41. The molecule has 0 heterocycles. The molecule has 0 bridgehead atoms. The van der Waals surface area contributed by atoms with E-state index in [-0.39, 0.29) is 6.61 Å². The van der Waals surface area contributed by atoms with Crippen LogP contribution in [0.5, 0.6) is 17.2 Å². The average Bonchev–Trinajstić information content (AvgIpc) is 2.82. The molecule has 0 atom stereocenters. The van der Waals surface area contributed by atoms with E-state index in [0.717, 1.165) is 22.4 Å². The number of hydrogen-bond acceptors (Lipinski definition) is 6. The molecule has 0 aliphatic rings. The van der Waals surface area contributed by atoms with Crippen LogP contribution in [0.15, 0.2) is 74.8 Å². The second-order valence-electron chi connectivity index (χ2n) is 7.70. The highest BCUT2D eigenvalue weighted by molar-refractivity contribution is 9.11. The van der Waals surface area contributed by atoms with Crippen molar-refractivity contribution in [3.05, 3.63) is 75.2 Å². The number of methoxy groups -OCH3 is 1. The van der Waals surface area contributed by atoms with Crippen LogP contribution in [0.4, 0.5) is 0 Å². The van der Waals surface area contributed by atoms with Crippen molar-refractivity contribution in [3.8, 4) is 28.4 Å². The van der Waals surface area contributed by atoms with Crippen LogP contribution >= 0.6 is 31.9 Å². The van der Waals surface area contributed by atoms with Crippen molar-refractivity contribution < 1.29 is 23.8 Å². The van der Waals surface area contributed by atoms with Crippen LogP contribution in [0.1, 0.15) is 26.3 Å². The van der Waals surface area contributed by atoms with Gasteiger partial charge in [0.25, 0.3) is 0 Å². The van der Waals surface area contributed by atoms with Crippen LogP contribution in [0, 0.1) is 0 Å². The highest BCUT2D eigenvalue weighted by Gasteiger charge is 2.31. The fourth-order valence-electron chi connectivity index (χ4n) is 3.02. The molecule has 178 valence electrons. The summed E-state index contributed by atoms with van der Waals surface area (Å²) in [6.07, 6.45) is 1.52. The standard InChI is InChI=1S/C26H25Br2NO5/c1-5-32-25(30)26(2,3)34-29-16-17-13-21(27)24(22(28)14-17)33-19-11-12-23(31-4)20(15-19)18-9-7-6-8-10-18/h6-16H,5H2,1-4H3. The Bertz CT molecular complexity index is 1160. The van der Waals surface area contributed by atoms with Crippen LogP contribution < -0.4 is 9.47 Å². The van der Waals surface area contributed by atoms with Gasteiger partial charge in [-0.3, -0.25) is 0 Å². The minimum absolute atomic E-state index is 0.276. The summed E-state index contributed by atoms with van der Waals surface area (Å²) in [4.78, 5) is 17.3. The molecule has 0 aromatic heterocycles. The summed E-state index contributed by atoms with van der Waals surface area (Å²) < 4.78 is 18.1. The van der Waals surface area contributed by atoms with Gasteiger partial charge in [0.05, 0.1) is 28.9 Å². The van der Waals surface area contributed by atoms with Gasteiger partial charge in [-0.1, -0.05) is 35.5 Å². The first-order valence-corrected chi connectivity index (χ1v) is 12.1. The van der Waals surface area contributed by atoms with Crippen LogP contribution in [0.3, 0.4) is 0 Å². The lowest BCUT2D eigenvalue weighted by atomic mass is 10.0. The van der Waals surface area contributed by atoms with Crippen LogP contribution in [0.2, 0.25) is 0 Å². The van der Waals surface area contributed by atoms with Gasteiger partial charge in [0, 0.05) is 5.56 Å². The van der Waals surface area contributed by atoms with Gasteiger partial charge in [-0.2, -0.15) is 0 Å². The Labute approximate surface area is 216 Å². The lowest BCUT2D eigenvalue weighted by Gasteiger charge is -2.19. The monoisotopic (exact) mass is 589 g/mol. The molecule has 0 aliphatic carbocycles. The Kier molecular flexibility index (Phi) is 8.74. The number of carbonyl (C=O) groups excluding carboxylic acids is 1. The maximum absolute atomic E-state index is 11.9. The summed E-state index contributed by atoms with van der Waals surface area (Å²) in [6.45, 7) is 5.22. The van der Waals surface area contributed by atoms with Crippen LogP contribution in [0.25, 0.3) is 11.1 Å². The molecule has 0 saturated heterocycles. The van der Waals surface area contributed by atoms with Gasteiger partial charge < -0.3 is 19.0 Å². The van der Waals surface area contributed by atoms with Crippen molar-refractivity contribution in [2.75, 3.05) is 13.7 Å². The molecule has 0 unspecified atom stereocenters. The molecular formula is C26H25Br2NO5. The van der Waals surface area contributed by atoms with E-state index in [1.54, 1.807) is 27.9 Å². The third-order valence-corrected chi connectivity index (χ3v) is 5.92. The van der Waals surface area contributed by atoms with Crippen molar-refractivity contribution in [2.45, 2.75) is 26.4 Å². The van der Waals surface area contributed by atoms with Crippen molar-refractivity contribution in [1.82, 2.24) is 0 Å². The van der Waals surface area contributed by atoms with E-state index >= 15 is 0 Å². The Balaban J connectivity index is 1.80. The van der Waals surface area contributed by atoms with Gasteiger partial charge >= 0.3 is 5.97 Å². The molecule has 34 heavy (non-hydrogen) atoms. The second kappa shape index (κ2) is 11.5. The first-order chi connectivity index (χ1) is 16.2. The van der Waals surface area contributed by atoms with Gasteiger partial charge in [-0.25, -0.2) is 4.79 Å². The van der Waals surface area contributed by atoms with Gasteiger partial charge in [0.15, 0.2) is 5.75 Å². The number of esters is 1. The van der Waals surface area contributed by atoms with Crippen molar-refractivity contribution in [3.63, 3.8) is 0 Å². The lowest BCUT2D eigenvalue weighted by Crippen LogP contribution is -2.35. The summed E-state index contributed by atoms with van der Waals surface area (Å²) in [5.74, 6) is 1.54. The summed E-state index contributed by atoms with van der Waals surface area (Å²) in [5.41, 5.74) is 1.51. The number of rotatable bonds is 9. The Morgan fingerprint density at radius 3 is 2.32 bits per heavy atom. The molecule has 0 aliphatic heterocycles. The third-order valence-electron chi connectivity index (χ3n) is 4.75. The Morgan fingerprint density at radius 2 is 1.71 bits per heavy atom. The molecule has 6 nitrogen and oxygen atoms in total. The number of benzene rings is 3. The molecule has 0 spiro atoms. The first-order valence-electron chi connectivity index (χ1n) is 10.5. The summed E-state index contributed by atoms with van der Waals surface area (Å²) in [6, 6.07) is 19.3. The molecule has 0 saturated carbocycles. The molecule has 3 aromatic carbocycles. The maximum atomic E-state index is 11.9. The summed E-state index contributed by atoms with van der Waals surface area (Å²) in [7, 11) is 1.65. The molecule has 3 aromatic rings. The Morgan fingerprint density at radius 1 is 1.03 bits per heavy atom. The smallest absolute Gasteiger partial charge is 0.352 e. The van der Waals surface area contributed by atoms with E-state index in [9.17, 15) is 4.79 Å². The van der Waals surface area contributed by atoms with E-state index < -0.39 is 11.6 Å². The number of nitrogens with zero attached hydrogens (tertiary/aromatic N) is 1. The topological polar surface area (TPSA) is 66.4 Å². The fraction of sp³-hybridized carbons (Fsp3) is 0.231. The zero-order valence-electron chi connectivity index (χ0n) is 19.3. The van der Waals surface area contributed by atoms with Crippen LogP contribution in [-0.4, -0.2) is 31.5 Å². The highest BCUT2D eigenvalue weighted by atomic mass is 79.9. The van der Waals surface area contributed by atoms with Gasteiger partial charge in [0.1, 0.15) is 11.5 Å². The zero-order valence-corrected chi connectivity index (χ0v) is 22.5. The largest absolute Gasteiger partial charge is 0.496 e. The number of carbonyl (C=O) groups is 1. The Hall–Kier alpha value is -2.84. The predicted molar refractivity (Wildman–Crippen MR) is 140 cm³/mol. The normalized spacial score (nSPS) is 11.4. The van der Waals surface area contributed by atoms with Gasteiger partial charge in [0.2, 0.25) is 5.60 Å². The van der Waals surface area contributed by atoms with Gasteiger partial charge in [-0.15, -0.1) is 0 Å². The van der Waals surface area contributed by atoms with Gasteiger partial charge in [-0.05, 0) is 94.1 Å². The van der Waals surface area contributed by atoms with Crippen molar-refractivity contribution in [2.24, 2.45) is 5.16 Å². The maximum Gasteiger partial charge on any atom is 0.352 e. The molecule has 0 amide bonds. The molecule has 0 fully saturated rings. The van der Waals surface area contributed by atoms with E-state index in [4.69, 9.17) is 19.0 Å². The van der Waals surface area contributed by atoms with Crippen molar-refractivity contribution >= 4 is 44.0 Å². The van der Waals surface area contributed by atoms with E-state index in [1.165, 1.54) is 6.21 Å². The SMILES string of the molecule is CCOC(=O)C(C)(C)ON=Cc1cc(Br)c(Oc2ccc(OC)c(-c3ccccc3)c2)c(Br)c1. The molecule has 8 heteroatoms.